The number of carboxylic acid groups (broad SMARTS) is 1. The molecular weight excluding hydrogens is 216 g/mol. The molecule has 1 unspecified atom stereocenters. The van der Waals surface area contributed by atoms with Crippen molar-refractivity contribution in [2.24, 2.45) is 5.92 Å². The van der Waals surface area contributed by atoms with Gasteiger partial charge in [-0.1, -0.05) is 13.3 Å². The lowest BCUT2D eigenvalue weighted by molar-refractivity contribution is 0.0696. The van der Waals surface area contributed by atoms with E-state index < -0.39 is 5.97 Å². The molecule has 1 aliphatic heterocycles. The van der Waals surface area contributed by atoms with Crippen LogP contribution in [0.15, 0.2) is 18.3 Å². The van der Waals surface area contributed by atoms with Gasteiger partial charge in [-0.2, -0.15) is 0 Å². The summed E-state index contributed by atoms with van der Waals surface area (Å²) in [5, 5.41) is 8.78. The number of rotatable bonds is 4. The smallest absolute Gasteiger partial charge is 0.337 e. The van der Waals surface area contributed by atoms with Crippen molar-refractivity contribution in [2.45, 2.75) is 26.3 Å². The van der Waals surface area contributed by atoms with Gasteiger partial charge < -0.3 is 5.11 Å². The highest BCUT2D eigenvalue weighted by Crippen LogP contribution is 2.20. The average Bonchev–Trinajstić information content (AvgIpc) is 2.77. The number of nitrogens with zero attached hydrogens (tertiary/aromatic N) is 2. The molecule has 92 valence electrons. The Morgan fingerprint density at radius 3 is 2.94 bits per heavy atom. The third kappa shape index (κ3) is 3.03. The molecule has 0 aromatic carbocycles. The van der Waals surface area contributed by atoms with Gasteiger partial charge in [0.25, 0.3) is 0 Å². The van der Waals surface area contributed by atoms with Gasteiger partial charge in [0.1, 0.15) is 0 Å². The normalized spacial score (nSPS) is 20.6. The molecule has 4 heteroatoms. The molecule has 0 amide bonds. The van der Waals surface area contributed by atoms with Crippen molar-refractivity contribution in [1.29, 1.82) is 0 Å². The number of carboxylic acids is 1. The Bertz CT molecular complexity index is 389. The lowest BCUT2D eigenvalue weighted by Crippen LogP contribution is -2.20. The van der Waals surface area contributed by atoms with E-state index in [1.807, 2.05) is 6.07 Å². The quantitative estimate of drug-likeness (QED) is 0.865. The van der Waals surface area contributed by atoms with Gasteiger partial charge >= 0.3 is 5.97 Å². The van der Waals surface area contributed by atoms with Gasteiger partial charge in [0, 0.05) is 19.3 Å². The highest BCUT2D eigenvalue weighted by Gasteiger charge is 2.20. The fraction of sp³-hybridized carbons (Fsp3) is 0.538. The standard InChI is InChI=1S/C13H18N2O2/c1-2-10-5-6-15(8-10)9-12-4-3-11(7-14-12)13(16)17/h3-4,7,10H,2,5-6,8-9H2,1H3,(H,16,17). The molecule has 0 spiro atoms. The number of hydrogen-bond acceptors (Lipinski definition) is 3. The fourth-order valence-electron chi connectivity index (χ4n) is 2.26. The van der Waals surface area contributed by atoms with Crippen LogP contribution in [0.25, 0.3) is 0 Å². The molecule has 1 aromatic heterocycles. The van der Waals surface area contributed by atoms with E-state index in [0.29, 0.717) is 0 Å². The Balaban J connectivity index is 1.93. The van der Waals surface area contributed by atoms with Crippen molar-refractivity contribution in [3.63, 3.8) is 0 Å². The van der Waals surface area contributed by atoms with E-state index in [2.05, 4.69) is 16.8 Å². The van der Waals surface area contributed by atoms with E-state index >= 15 is 0 Å². The second-order valence-electron chi connectivity index (χ2n) is 4.64. The second-order valence-corrected chi connectivity index (χ2v) is 4.64. The van der Waals surface area contributed by atoms with E-state index in [-0.39, 0.29) is 5.56 Å². The molecule has 0 aliphatic carbocycles. The minimum absolute atomic E-state index is 0.251. The highest BCUT2D eigenvalue weighted by atomic mass is 16.4. The number of aromatic nitrogens is 1. The summed E-state index contributed by atoms with van der Waals surface area (Å²) in [6, 6.07) is 3.43. The van der Waals surface area contributed by atoms with Gasteiger partial charge in [0.2, 0.25) is 0 Å². The lowest BCUT2D eigenvalue weighted by atomic mass is 10.1. The van der Waals surface area contributed by atoms with E-state index in [0.717, 1.165) is 31.2 Å². The lowest BCUT2D eigenvalue weighted by Gasteiger charge is -2.14. The van der Waals surface area contributed by atoms with Crippen molar-refractivity contribution >= 4 is 5.97 Å². The minimum atomic E-state index is -0.920. The first-order valence-corrected chi connectivity index (χ1v) is 6.09. The maximum Gasteiger partial charge on any atom is 0.337 e. The van der Waals surface area contributed by atoms with Crippen LogP contribution in [0.2, 0.25) is 0 Å². The first-order valence-electron chi connectivity index (χ1n) is 6.09. The van der Waals surface area contributed by atoms with Crippen LogP contribution < -0.4 is 0 Å². The summed E-state index contributed by atoms with van der Waals surface area (Å²) in [7, 11) is 0. The van der Waals surface area contributed by atoms with E-state index in [1.165, 1.54) is 19.0 Å². The van der Waals surface area contributed by atoms with Crippen molar-refractivity contribution < 1.29 is 9.90 Å². The zero-order valence-corrected chi connectivity index (χ0v) is 10.1. The van der Waals surface area contributed by atoms with Crippen molar-refractivity contribution in [3.05, 3.63) is 29.6 Å². The van der Waals surface area contributed by atoms with Crippen LogP contribution >= 0.6 is 0 Å². The van der Waals surface area contributed by atoms with Crippen LogP contribution in [0.4, 0.5) is 0 Å². The highest BCUT2D eigenvalue weighted by molar-refractivity contribution is 5.87. The molecule has 2 heterocycles. The number of likely N-dealkylation sites (tertiary alicyclic amines) is 1. The van der Waals surface area contributed by atoms with Crippen LogP contribution in [0.5, 0.6) is 0 Å². The SMILES string of the molecule is CCC1CCN(Cc2ccc(C(=O)O)cn2)C1. The molecule has 1 aliphatic rings. The summed E-state index contributed by atoms with van der Waals surface area (Å²) in [6.07, 6.45) is 3.94. The third-order valence-electron chi connectivity index (χ3n) is 3.40. The zero-order valence-electron chi connectivity index (χ0n) is 10.1. The summed E-state index contributed by atoms with van der Waals surface area (Å²) in [5.41, 5.74) is 1.20. The largest absolute Gasteiger partial charge is 0.478 e. The molecule has 1 saturated heterocycles. The predicted octanol–water partition coefficient (Wildman–Crippen LogP) is 2.01. The summed E-state index contributed by atoms with van der Waals surface area (Å²) in [5.74, 6) is -0.107. The first kappa shape index (κ1) is 12.0. The molecule has 2 rings (SSSR count). The van der Waals surface area contributed by atoms with E-state index in [9.17, 15) is 4.79 Å². The molecule has 0 radical (unpaired) electrons. The van der Waals surface area contributed by atoms with E-state index in [4.69, 9.17) is 5.11 Å². The average molecular weight is 234 g/mol. The third-order valence-corrected chi connectivity index (χ3v) is 3.40. The summed E-state index contributed by atoms with van der Waals surface area (Å²) < 4.78 is 0. The summed E-state index contributed by atoms with van der Waals surface area (Å²) >= 11 is 0. The predicted molar refractivity (Wildman–Crippen MR) is 64.9 cm³/mol. The Kier molecular flexibility index (Phi) is 3.74. The Hall–Kier alpha value is -1.42. The fourth-order valence-corrected chi connectivity index (χ4v) is 2.26. The minimum Gasteiger partial charge on any atom is -0.478 e. The van der Waals surface area contributed by atoms with Crippen LogP contribution in [-0.4, -0.2) is 34.0 Å². The van der Waals surface area contributed by atoms with Crippen LogP contribution in [-0.2, 0) is 6.54 Å². The maximum atomic E-state index is 10.7. The van der Waals surface area contributed by atoms with Crippen LogP contribution in [0.1, 0.15) is 35.8 Å². The van der Waals surface area contributed by atoms with Gasteiger partial charge in [0.15, 0.2) is 0 Å². The molecule has 4 nitrogen and oxygen atoms in total. The molecule has 1 aromatic rings. The maximum absolute atomic E-state index is 10.7. The van der Waals surface area contributed by atoms with Gasteiger partial charge in [-0.15, -0.1) is 0 Å². The second kappa shape index (κ2) is 5.27. The molecule has 1 N–H and O–H groups in total. The Morgan fingerprint density at radius 2 is 2.41 bits per heavy atom. The number of hydrogen-bond donors (Lipinski definition) is 1. The molecular formula is C13H18N2O2. The Morgan fingerprint density at radius 1 is 1.59 bits per heavy atom. The number of carbonyl (C=O) groups is 1. The monoisotopic (exact) mass is 234 g/mol. The summed E-state index contributed by atoms with van der Waals surface area (Å²) in [6.45, 7) is 5.32. The zero-order chi connectivity index (χ0) is 12.3. The molecule has 17 heavy (non-hydrogen) atoms. The van der Waals surface area contributed by atoms with Crippen molar-refractivity contribution in [1.82, 2.24) is 9.88 Å². The van der Waals surface area contributed by atoms with Crippen LogP contribution in [0, 0.1) is 5.92 Å². The van der Waals surface area contributed by atoms with Gasteiger partial charge in [0.05, 0.1) is 11.3 Å². The van der Waals surface area contributed by atoms with Crippen molar-refractivity contribution in [3.8, 4) is 0 Å². The van der Waals surface area contributed by atoms with Crippen LogP contribution in [0.3, 0.4) is 0 Å². The van der Waals surface area contributed by atoms with E-state index in [1.54, 1.807) is 6.07 Å². The first-order chi connectivity index (χ1) is 8.19. The summed E-state index contributed by atoms with van der Waals surface area (Å²) in [4.78, 5) is 17.3. The van der Waals surface area contributed by atoms with Gasteiger partial charge in [-0.3, -0.25) is 9.88 Å². The van der Waals surface area contributed by atoms with Crippen molar-refractivity contribution in [2.75, 3.05) is 13.1 Å². The van der Waals surface area contributed by atoms with Gasteiger partial charge in [-0.25, -0.2) is 4.79 Å². The number of pyridine rings is 1. The molecule has 0 saturated carbocycles. The number of aromatic carboxylic acids is 1. The molecule has 1 fully saturated rings. The molecule has 1 atom stereocenters. The molecule has 0 bridgehead atoms. The Labute approximate surface area is 101 Å². The van der Waals surface area contributed by atoms with Gasteiger partial charge in [-0.05, 0) is 31.0 Å². The topological polar surface area (TPSA) is 53.4 Å².